The van der Waals surface area contributed by atoms with E-state index in [-0.39, 0.29) is 11.8 Å². The second kappa shape index (κ2) is 11.4. The second-order valence-corrected chi connectivity index (χ2v) is 8.35. The normalized spacial score (nSPS) is 13.4. The summed E-state index contributed by atoms with van der Waals surface area (Å²) in [5.74, 6) is 0.586. The van der Waals surface area contributed by atoms with E-state index in [1.807, 2.05) is 71.6 Å². The van der Waals surface area contributed by atoms with Crippen molar-refractivity contribution in [3.05, 3.63) is 90.0 Å². The lowest BCUT2D eigenvalue weighted by atomic mass is 10.1. The highest BCUT2D eigenvalue weighted by molar-refractivity contribution is 6.06. The van der Waals surface area contributed by atoms with E-state index in [0.29, 0.717) is 49.7 Å². The zero-order valence-electron chi connectivity index (χ0n) is 19.6. The van der Waals surface area contributed by atoms with Crippen LogP contribution in [0.3, 0.4) is 0 Å². The molecule has 1 aliphatic heterocycles. The number of anilines is 2. The van der Waals surface area contributed by atoms with Crippen LogP contribution in [0, 0.1) is 0 Å². The van der Waals surface area contributed by atoms with Crippen LogP contribution in [0.5, 0.6) is 5.75 Å². The van der Waals surface area contributed by atoms with Crippen LogP contribution in [0.4, 0.5) is 11.4 Å². The van der Waals surface area contributed by atoms with Gasteiger partial charge in [0.15, 0.2) is 0 Å². The van der Waals surface area contributed by atoms with Crippen LogP contribution >= 0.6 is 0 Å². The molecule has 0 aliphatic carbocycles. The van der Waals surface area contributed by atoms with Gasteiger partial charge < -0.3 is 19.9 Å². The molecule has 0 bridgehead atoms. The van der Waals surface area contributed by atoms with Crippen molar-refractivity contribution in [1.29, 1.82) is 0 Å². The van der Waals surface area contributed by atoms with E-state index < -0.39 is 0 Å². The Labute approximate surface area is 201 Å². The van der Waals surface area contributed by atoms with Gasteiger partial charge >= 0.3 is 0 Å². The molecule has 176 valence electrons. The molecule has 3 aromatic carbocycles. The van der Waals surface area contributed by atoms with E-state index in [0.717, 1.165) is 24.2 Å². The minimum absolute atomic E-state index is 0.0582. The molecular weight excluding hydrogens is 426 g/mol. The van der Waals surface area contributed by atoms with E-state index >= 15 is 0 Å². The van der Waals surface area contributed by atoms with Gasteiger partial charge in [0.1, 0.15) is 5.75 Å². The summed E-state index contributed by atoms with van der Waals surface area (Å²) in [5, 5.41) is 3.06. The molecule has 0 saturated carbocycles. The maximum Gasteiger partial charge on any atom is 0.255 e. The molecule has 6 heteroatoms. The summed E-state index contributed by atoms with van der Waals surface area (Å²) < 4.78 is 5.75. The average molecular weight is 458 g/mol. The van der Waals surface area contributed by atoms with Crippen LogP contribution in [-0.2, 0) is 0 Å². The lowest BCUT2D eigenvalue weighted by Crippen LogP contribution is -2.49. The van der Waals surface area contributed by atoms with Crippen molar-refractivity contribution in [3.63, 3.8) is 0 Å². The highest BCUT2D eigenvalue weighted by Gasteiger charge is 2.23. The summed E-state index contributed by atoms with van der Waals surface area (Å²) in [5.41, 5.74) is 2.98. The molecule has 1 N–H and O–H groups in total. The van der Waals surface area contributed by atoms with Crippen molar-refractivity contribution in [2.45, 2.75) is 19.8 Å². The fourth-order valence-corrected chi connectivity index (χ4v) is 4.02. The van der Waals surface area contributed by atoms with Crippen molar-refractivity contribution in [2.24, 2.45) is 0 Å². The van der Waals surface area contributed by atoms with Crippen LogP contribution in [0.2, 0.25) is 0 Å². The number of piperazine rings is 1. The van der Waals surface area contributed by atoms with Crippen LogP contribution < -0.4 is 15.0 Å². The highest BCUT2D eigenvalue weighted by atomic mass is 16.5. The molecule has 0 unspecified atom stereocenters. The minimum atomic E-state index is -0.175. The summed E-state index contributed by atoms with van der Waals surface area (Å²) in [6.45, 7) is 5.42. The highest BCUT2D eigenvalue weighted by Crippen LogP contribution is 2.28. The molecular formula is C28H31N3O3. The Morgan fingerprint density at radius 3 is 2.32 bits per heavy atom. The number of hydrogen-bond donors (Lipinski definition) is 1. The zero-order chi connectivity index (χ0) is 23.8. The number of carbonyl (C=O) groups is 2. The van der Waals surface area contributed by atoms with Crippen LogP contribution in [0.1, 0.15) is 40.5 Å². The lowest BCUT2D eigenvalue weighted by molar-refractivity contribution is 0.0746. The Morgan fingerprint density at radius 1 is 0.853 bits per heavy atom. The molecule has 2 amide bonds. The van der Waals surface area contributed by atoms with E-state index in [9.17, 15) is 9.59 Å². The Balaban J connectivity index is 1.40. The number of hydrogen-bond acceptors (Lipinski definition) is 4. The van der Waals surface area contributed by atoms with Gasteiger partial charge in [0.05, 0.1) is 18.0 Å². The predicted molar refractivity (Wildman–Crippen MR) is 136 cm³/mol. The Bertz CT molecular complexity index is 1110. The van der Waals surface area contributed by atoms with Gasteiger partial charge in [-0.25, -0.2) is 0 Å². The number of nitrogens with zero attached hydrogens (tertiary/aromatic N) is 2. The van der Waals surface area contributed by atoms with Gasteiger partial charge in [-0.05, 0) is 48.9 Å². The lowest BCUT2D eigenvalue weighted by Gasteiger charge is -2.37. The summed E-state index contributed by atoms with van der Waals surface area (Å²) in [6, 6.07) is 24.5. The Hall–Kier alpha value is -3.80. The third kappa shape index (κ3) is 5.76. The summed E-state index contributed by atoms with van der Waals surface area (Å²) in [7, 11) is 0. The molecule has 0 radical (unpaired) electrons. The van der Waals surface area contributed by atoms with E-state index in [1.165, 1.54) is 0 Å². The van der Waals surface area contributed by atoms with Crippen molar-refractivity contribution in [3.8, 4) is 5.75 Å². The van der Waals surface area contributed by atoms with Gasteiger partial charge in [0.2, 0.25) is 0 Å². The molecule has 1 heterocycles. The molecule has 1 fully saturated rings. The number of nitrogens with one attached hydrogen (secondary N) is 1. The average Bonchev–Trinajstić information content (AvgIpc) is 2.89. The van der Waals surface area contributed by atoms with Gasteiger partial charge in [-0.15, -0.1) is 0 Å². The molecule has 1 saturated heterocycles. The topological polar surface area (TPSA) is 61.9 Å². The maximum atomic E-state index is 13.0. The van der Waals surface area contributed by atoms with Crippen LogP contribution in [0.15, 0.2) is 78.9 Å². The quantitative estimate of drug-likeness (QED) is 0.479. The Kier molecular flexibility index (Phi) is 7.81. The number of benzene rings is 3. The first-order valence-corrected chi connectivity index (χ1v) is 11.9. The Morgan fingerprint density at radius 2 is 1.56 bits per heavy atom. The van der Waals surface area contributed by atoms with Crippen LogP contribution in [0.25, 0.3) is 0 Å². The van der Waals surface area contributed by atoms with E-state index in [2.05, 4.69) is 17.1 Å². The number of amides is 2. The van der Waals surface area contributed by atoms with E-state index in [4.69, 9.17) is 4.74 Å². The number of para-hydroxylation sites is 2. The standard InChI is InChI=1S/C28H31N3O3/c1-2-3-20-34-24-13-9-12-23(21-24)27(32)29-25-14-7-8-15-26(25)30-16-18-31(19-17-30)28(33)22-10-5-4-6-11-22/h4-15,21H,2-3,16-20H2,1H3,(H,29,32). The number of ether oxygens (including phenoxy) is 1. The van der Waals surface area contributed by atoms with Crippen molar-refractivity contribution in [1.82, 2.24) is 4.90 Å². The molecule has 6 nitrogen and oxygen atoms in total. The number of carbonyl (C=O) groups excluding carboxylic acids is 2. The fourth-order valence-electron chi connectivity index (χ4n) is 4.02. The molecule has 0 atom stereocenters. The summed E-state index contributed by atoms with van der Waals surface area (Å²) in [4.78, 5) is 29.9. The molecule has 0 spiro atoms. The van der Waals surface area contributed by atoms with Gasteiger partial charge in [0.25, 0.3) is 11.8 Å². The van der Waals surface area contributed by atoms with Crippen molar-refractivity contribution >= 4 is 23.2 Å². The first kappa shape index (κ1) is 23.4. The largest absolute Gasteiger partial charge is 0.494 e. The maximum absolute atomic E-state index is 13.0. The third-order valence-electron chi connectivity index (χ3n) is 5.94. The van der Waals surface area contributed by atoms with Crippen molar-refractivity contribution < 1.29 is 14.3 Å². The first-order chi connectivity index (χ1) is 16.7. The summed E-state index contributed by atoms with van der Waals surface area (Å²) >= 11 is 0. The van der Waals surface area contributed by atoms with Crippen molar-refractivity contribution in [2.75, 3.05) is 43.0 Å². The van der Waals surface area contributed by atoms with Gasteiger partial charge in [0, 0.05) is 37.3 Å². The third-order valence-corrected chi connectivity index (χ3v) is 5.94. The monoisotopic (exact) mass is 457 g/mol. The predicted octanol–water partition coefficient (Wildman–Crippen LogP) is 5.08. The van der Waals surface area contributed by atoms with Crippen LogP contribution in [-0.4, -0.2) is 49.5 Å². The number of rotatable bonds is 8. The molecule has 0 aromatic heterocycles. The molecule has 1 aliphatic rings. The molecule has 3 aromatic rings. The molecule has 4 rings (SSSR count). The smallest absolute Gasteiger partial charge is 0.255 e. The SMILES string of the molecule is CCCCOc1cccc(C(=O)Nc2ccccc2N2CCN(C(=O)c3ccccc3)CC2)c1. The van der Waals surface area contributed by atoms with Gasteiger partial charge in [-0.3, -0.25) is 9.59 Å². The van der Waals surface area contributed by atoms with Gasteiger partial charge in [-0.1, -0.05) is 49.7 Å². The number of unbranched alkanes of at least 4 members (excludes halogenated alkanes) is 1. The minimum Gasteiger partial charge on any atom is -0.494 e. The zero-order valence-corrected chi connectivity index (χ0v) is 19.6. The second-order valence-electron chi connectivity index (χ2n) is 8.35. The summed E-state index contributed by atoms with van der Waals surface area (Å²) in [6.07, 6.45) is 2.04. The van der Waals surface area contributed by atoms with E-state index in [1.54, 1.807) is 12.1 Å². The first-order valence-electron chi connectivity index (χ1n) is 11.9. The fraction of sp³-hybridized carbons (Fsp3) is 0.286. The molecule has 34 heavy (non-hydrogen) atoms. The van der Waals surface area contributed by atoms with Gasteiger partial charge in [-0.2, -0.15) is 0 Å².